The number of para-hydroxylation sites is 1. The molecule has 0 aliphatic carbocycles. The van der Waals surface area contributed by atoms with Crippen molar-refractivity contribution in [3.63, 3.8) is 0 Å². The van der Waals surface area contributed by atoms with E-state index < -0.39 is 11.9 Å². The van der Waals surface area contributed by atoms with Gasteiger partial charge in [-0.15, -0.1) is 0 Å². The molecule has 9 heteroatoms. The van der Waals surface area contributed by atoms with Crippen LogP contribution in [0.4, 0.5) is 11.5 Å². The van der Waals surface area contributed by atoms with Gasteiger partial charge in [-0.2, -0.15) is 16.9 Å². The van der Waals surface area contributed by atoms with Crippen LogP contribution in [0.2, 0.25) is 0 Å². The Morgan fingerprint density at radius 2 is 2.15 bits per heavy atom. The lowest BCUT2D eigenvalue weighted by Gasteiger charge is -2.15. The van der Waals surface area contributed by atoms with E-state index in [4.69, 9.17) is 0 Å². The zero-order valence-corrected chi connectivity index (χ0v) is 14.9. The first kappa shape index (κ1) is 16.6. The zero-order chi connectivity index (χ0) is 18.3. The average Bonchev–Trinajstić information content (AvgIpc) is 3.13. The highest BCUT2D eigenvalue weighted by Crippen LogP contribution is 2.34. The van der Waals surface area contributed by atoms with E-state index in [0.717, 1.165) is 22.8 Å². The van der Waals surface area contributed by atoms with Gasteiger partial charge in [-0.1, -0.05) is 12.1 Å². The van der Waals surface area contributed by atoms with E-state index >= 15 is 0 Å². The summed E-state index contributed by atoms with van der Waals surface area (Å²) in [6.45, 7) is 0. The molecular formula is C17H17N5O3S. The van der Waals surface area contributed by atoms with Gasteiger partial charge in [-0.25, -0.2) is 0 Å². The standard InChI is InChI=1S/C17H17N5O3S/c1-22-15(10-7-26-8-13(10)21-22)20-14(23)6-12-17(25)18-11-5-3-2-4-9(11)16(24)19-12/h2-5,12H,6-8H2,1H3,(H,18,25)(H,19,24)(H,20,23)/t12-/m1/s1. The number of anilines is 2. The van der Waals surface area contributed by atoms with E-state index in [9.17, 15) is 14.4 Å². The Balaban J connectivity index is 1.48. The molecule has 8 nitrogen and oxygen atoms in total. The van der Waals surface area contributed by atoms with Crippen LogP contribution < -0.4 is 16.0 Å². The minimum Gasteiger partial charge on any atom is -0.340 e. The highest BCUT2D eigenvalue weighted by Gasteiger charge is 2.30. The van der Waals surface area contributed by atoms with E-state index in [1.54, 1.807) is 47.8 Å². The van der Waals surface area contributed by atoms with Crippen molar-refractivity contribution < 1.29 is 14.4 Å². The third-order valence-electron chi connectivity index (χ3n) is 4.41. The SMILES string of the molecule is Cn1nc2c(c1NC(=O)C[C@H]1NC(=O)c3ccccc3NC1=O)CSC2. The Morgan fingerprint density at radius 1 is 1.35 bits per heavy atom. The molecule has 3 N–H and O–H groups in total. The molecule has 0 saturated heterocycles. The molecule has 134 valence electrons. The average molecular weight is 371 g/mol. The van der Waals surface area contributed by atoms with Gasteiger partial charge in [0.05, 0.1) is 23.4 Å². The number of hydrogen-bond donors (Lipinski definition) is 3. The number of carbonyl (C=O) groups excluding carboxylic acids is 3. The summed E-state index contributed by atoms with van der Waals surface area (Å²) in [6.07, 6.45) is -0.154. The number of thioether (sulfide) groups is 1. The molecule has 0 fully saturated rings. The van der Waals surface area contributed by atoms with Crippen LogP contribution in [0.15, 0.2) is 24.3 Å². The predicted molar refractivity (Wildman–Crippen MR) is 97.8 cm³/mol. The van der Waals surface area contributed by atoms with Crippen LogP contribution in [-0.4, -0.2) is 33.5 Å². The van der Waals surface area contributed by atoms with E-state index in [2.05, 4.69) is 21.0 Å². The van der Waals surface area contributed by atoms with Crippen LogP contribution in [-0.2, 0) is 28.1 Å². The summed E-state index contributed by atoms with van der Waals surface area (Å²) in [5, 5.41) is 12.5. The highest BCUT2D eigenvalue weighted by molar-refractivity contribution is 7.98. The molecule has 0 saturated carbocycles. The Morgan fingerprint density at radius 3 is 3.00 bits per heavy atom. The van der Waals surface area contributed by atoms with E-state index in [1.165, 1.54) is 0 Å². The Labute approximate surface area is 153 Å². The zero-order valence-electron chi connectivity index (χ0n) is 14.0. The summed E-state index contributed by atoms with van der Waals surface area (Å²) < 4.78 is 1.64. The normalized spacial score (nSPS) is 18.4. The van der Waals surface area contributed by atoms with Gasteiger partial charge in [0, 0.05) is 24.1 Å². The van der Waals surface area contributed by atoms with Crippen molar-refractivity contribution >= 4 is 41.0 Å². The molecule has 1 aromatic carbocycles. The summed E-state index contributed by atoms with van der Waals surface area (Å²) in [6, 6.07) is 5.81. The van der Waals surface area contributed by atoms with E-state index in [1.807, 2.05) is 0 Å². The smallest absolute Gasteiger partial charge is 0.254 e. The molecule has 0 radical (unpaired) electrons. The number of aryl methyl sites for hydroxylation is 1. The largest absolute Gasteiger partial charge is 0.340 e. The van der Waals surface area contributed by atoms with Crippen molar-refractivity contribution in [1.82, 2.24) is 15.1 Å². The van der Waals surface area contributed by atoms with Gasteiger partial charge in [0.1, 0.15) is 11.9 Å². The summed E-state index contributed by atoms with van der Waals surface area (Å²) in [4.78, 5) is 37.2. The number of rotatable bonds is 3. The molecule has 4 rings (SSSR count). The molecule has 3 heterocycles. The fraction of sp³-hybridized carbons (Fsp3) is 0.294. The summed E-state index contributed by atoms with van der Waals surface area (Å²) >= 11 is 1.74. The molecule has 3 amide bonds. The number of hydrogen-bond acceptors (Lipinski definition) is 5. The van der Waals surface area contributed by atoms with Crippen LogP contribution in [0.25, 0.3) is 0 Å². The first-order valence-electron chi connectivity index (χ1n) is 8.16. The van der Waals surface area contributed by atoms with Gasteiger partial charge < -0.3 is 16.0 Å². The molecule has 0 spiro atoms. The summed E-state index contributed by atoms with van der Waals surface area (Å²) in [7, 11) is 1.77. The fourth-order valence-electron chi connectivity index (χ4n) is 3.12. The second-order valence-electron chi connectivity index (χ2n) is 6.20. The molecule has 0 bridgehead atoms. The van der Waals surface area contributed by atoms with Crippen molar-refractivity contribution in [2.75, 3.05) is 10.6 Å². The third-order valence-corrected chi connectivity index (χ3v) is 5.38. The maximum atomic E-state index is 12.5. The molecule has 2 aliphatic heterocycles. The molecule has 1 aromatic heterocycles. The molecule has 0 unspecified atom stereocenters. The minimum absolute atomic E-state index is 0.154. The fourth-order valence-corrected chi connectivity index (χ4v) is 4.16. The van der Waals surface area contributed by atoms with Crippen LogP contribution in [0, 0.1) is 0 Å². The number of fused-ring (bicyclic) bond motifs is 2. The first-order chi connectivity index (χ1) is 12.5. The molecule has 2 aliphatic rings. The number of amides is 3. The lowest BCUT2D eigenvalue weighted by Crippen LogP contribution is -2.43. The number of benzene rings is 1. The maximum absolute atomic E-state index is 12.5. The third kappa shape index (κ3) is 2.94. The van der Waals surface area contributed by atoms with Gasteiger partial charge in [0.2, 0.25) is 11.8 Å². The molecule has 26 heavy (non-hydrogen) atoms. The lowest BCUT2D eigenvalue weighted by molar-refractivity contribution is -0.122. The van der Waals surface area contributed by atoms with Crippen molar-refractivity contribution in [3.05, 3.63) is 41.1 Å². The Bertz CT molecular complexity index is 923. The Kier molecular flexibility index (Phi) is 4.15. The van der Waals surface area contributed by atoms with Crippen LogP contribution >= 0.6 is 11.8 Å². The van der Waals surface area contributed by atoms with Gasteiger partial charge in [0.15, 0.2) is 0 Å². The number of nitrogens with zero attached hydrogens (tertiary/aromatic N) is 2. The van der Waals surface area contributed by atoms with Gasteiger partial charge in [-0.3, -0.25) is 19.1 Å². The lowest BCUT2D eigenvalue weighted by atomic mass is 10.1. The quantitative estimate of drug-likeness (QED) is 0.753. The predicted octanol–water partition coefficient (Wildman–Crippen LogP) is 1.25. The van der Waals surface area contributed by atoms with Crippen molar-refractivity contribution in [2.45, 2.75) is 24.0 Å². The Hall–Kier alpha value is -2.81. The maximum Gasteiger partial charge on any atom is 0.254 e. The van der Waals surface area contributed by atoms with E-state index in [-0.39, 0.29) is 18.2 Å². The number of carbonyl (C=O) groups is 3. The van der Waals surface area contributed by atoms with Crippen LogP contribution in [0.5, 0.6) is 0 Å². The number of aromatic nitrogens is 2. The second kappa shape index (κ2) is 6.49. The minimum atomic E-state index is -0.939. The molecule has 2 aromatic rings. The van der Waals surface area contributed by atoms with E-state index in [0.29, 0.717) is 17.1 Å². The van der Waals surface area contributed by atoms with Gasteiger partial charge in [0.25, 0.3) is 5.91 Å². The molecule has 1 atom stereocenters. The second-order valence-corrected chi connectivity index (χ2v) is 7.19. The first-order valence-corrected chi connectivity index (χ1v) is 9.31. The van der Waals surface area contributed by atoms with Gasteiger partial charge in [-0.05, 0) is 12.1 Å². The molecular weight excluding hydrogens is 354 g/mol. The van der Waals surface area contributed by atoms with Gasteiger partial charge >= 0.3 is 0 Å². The highest BCUT2D eigenvalue weighted by atomic mass is 32.2. The van der Waals surface area contributed by atoms with Crippen LogP contribution in [0.1, 0.15) is 28.0 Å². The van der Waals surface area contributed by atoms with Crippen molar-refractivity contribution in [2.24, 2.45) is 7.05 Å². The monoisotopic (exact) mass is 371 g/mol. The summed E-state index contributed by atoms with van der Waals surface area (Å²) in [5.74, 6) is 1.14. The van der Waals surface area contributed by atoms with Crippen molar-refractivity contribution in [1.29, 1.82) is 0 Å². The number of nitrogens with one attached hydrogen (secondary N) is 3. The topological polar surface area (TPSA) is 105 Å². The summed E-state index contributed by atoms with van der Waals surface area (Å²) in [5.41, 5.74) is 2.82. The van der Waals surface area contributed by atoms with Crippen molar-refractivity contribution in [3.8, 4) is 0 Å². The van der Waals surface area contributed by atoms with Crippen LogP contribution in [0.3, 0.4) is 0 Å².